The fraction of sp³-hybridized carbons (Fsp3) is 0.462. The van der Waals surface area contributed by atoms with E-state index in [-0.39, 0.29) is 0 Å². The van der Waals surface area contributed by atoms with Gasteiger partial charge in [0.15, 0.2) is 11.5 Å². The Morgan fingerprint density at radius 3 is 2.84 bits per heavy atom. The molecule has 1 aromatic carbocycles. The van der Waals surface area contributed by atoms with Gasteiger partial charge in [0, 0.05) is 23.6 Å². The van der Waals surface area contributed by atoms with Gasteiger partial charge < -0.3 is 20.3 Å². The van der Waals surface area contributed by atoms with Crippen LogP contribution in [0.1, 0.15) is 30.5 Å². The first-order valence-electron chi connectivity index (χ1n) is 6.15. The molecule has 0 amide bonds. The van der Waals surface area contributed by atoms with E-state index in [1.165, 1.54) is 0 Å². The smallest absolute Gasteiger partial charge is 0.325 e. The number of hydrogen-bond donors (Lipinski definition) is 2. The summed E-state index contributed by atoms with van der Waals surface area (Å²) >= 11 is 6.16. The number of hydrogen-bond acceptors (Lipinski definition) is 4. The zero-order valence-electron chi connectivity index (χ0n) is 10.6. The minimum absolute atomic E-state index is 0.302. The maximum Gasteiger partial charge on any atom is 0.325 e. The van der Waals surface area contributed by atoms with E-state index in [0.717, 1.165) is 6.42 Å². The van der Waals surface area contributed by atoms with E-state index >= 15 is 0 Å². The summed E-state index contributed by atoms with van der Waals surface area (Å²) in [5, 5.41) is 9.39. The first-order chi connectivity index (χ1) is 9.06. The lowest BCUT2D eigenvalue weighted by molar-refractivity contribution is -0.138. The van der Waals surface area contributed by atoms with Crippen LogP contribution in [0.15, 0.2) is 6.07 Å². The number of rotatable bonds is 3. The normalized spacial score (nSPS) is 15.7. The lowest BCUT2D eigenvalue weighted by Crippen LogP contribution is -2.23. The topological polar surface area (TPSA) is 81.8 Å². The van der Waals surface area contributed by atoms with E-state index in [9.17, 15) is 4.79 Å². The summed E-state index contributed by atoms with van der Waals surface area (Å²) in [5.41, 5.74) is 6.82. The van der Waals surface area contributed by atoms with Crippen molar-refractivity contribution in [2.45, 2.75) is 25.8 Å². The van der Waals surface area contributed by atoms with Gasteiger partial charge in [-0.15, -0.1) is 0 Å². The third-order valence-corrected chi connectivity index (χ3v) is 3.37. The molecule has 1 aliphatic heterocycles. The maximum absolute atomic E-state index is 11.1. The Morgan fingerprint density at radius 2 is 2.21 bits per heavy atom. The maximum atomic E-state index is 11.1. The second-order valence-corrected chi connectivity index (χ2v) is 4.71. The Morgan fingerprint density at radius 1 is 1.53 bits per heavy atom. The number of halogens is 1. The van der Waals surface area contributed by atoms with Gasteiger partial charge in [-0.3, -0.25) is 4.79 Å². The highest BCUT2D eigenvalue weighted by molar-refractivity contribution is 6.32. The van der Waals surface area contributed by atoms with Gasteiger partial charge in [-0.2, -0.15) is 0 Å². The third-order valence-electron chi connectivity index (χ3n) is 3.06. The van der Waals surface area contributed by atoms with Gasteiger partial charge in [-0.1, -0.05) is 18.5 Å². The van der Waals surface area contributed by atoms with Gasteiger partial charge in [0.25, 0.3) is 0 Å². The summed E-state index contributed by atoms with van der Waals surface area (Å²) < 4.78 is 11.2. The molecule has 0 saturated heterocycles. The van der Waals surface area contributed by atoms with Gasteiger partial charge in [-0.25, -0.2) is 0 Å². The largest absolute Gasteiger partial charge is 0.489 e. The molecule has 0 fully saturated rings. The van der Waals surface area contributed by atoms with Crippen LogP contribution in [0.5, 0.6) is 11.5 Å². The number of nitrogens with two attached hydrogens (primary N) is 1. The van der Waals surface area contributed by atoms with Crippen molar-refractivity contribution in [1.82, 2.24) is 0 Å². The Labute approximate surface area is 116 Å². The van der Waals surface area contributed by atoms with Crippen LogP contribution in [0.25, 0.3) is 0 Å². The van der Waals surface area contributed by atoms with Gasteiger partial charge in [0.05, 0.1) is 18.2 Å². The predicted octanol–water partition coefficient (Wildman–Crippen LogP) is 2.15. The van der Waals surface area contributed by atoms with Crippen LogP contribution in [0, 0.1) is 0 Å². The standard InChI is InChI=1S/C13H16ClNO4/c1-2-7-10(11(15)13(16)17)8(14)6-9-12(7)19-5-3-4-18-9/h6,11H,2-5,15H2,1H3,(H,16,17). The van der Waals surface area contributed by atoms with Gasteiger partial charge in [-0.05, 0) is 6.42 Å². The Kier molecular flexibility index (Phi) is 4.17. The van der Waals surface area contributed by atoms with Crippen LogP contribution in [0.4, 0.5) is 0 Å². The summed E-state index contributed by atoms with van der Waals surface area (Å²) in [4.78, 5) is 11.1. The SMILES string of the molecule is CCc1c2c(cc(Cl)c1C(N)C(=O)O)OCCCO2. The molecule has 0 bridgehead atoms. The van der Waals surface area contributed by atoms with Crippen molar-refractivity contribution in [2.75, 3.05) is 13.2 Å². The Hall–Kier alpha value is -1.46. The van der Waals surface area contributed by atoms with Crippen LogP contribution < -0.4 is 15.2 Å². The van der Waals surface area contributed by atoms with E-state index in [2.05, 4.69) is 0 Å². The molecule has 1 aliphatic rings. The number of benzene rings is 1. The second-order valence-electron chi connectivity index (χ2n) is 4.30. The molecule has 0 spiro atoms. The molecule has 104 valence electrons. The highest BCUT2D eigenvalue weighted by Crippen LogP contribution is 2.41. The molecule has 0 aliphatic carbocycles. The van der Waals surface area contributed by atoms with Crippen molar-refractivity contribution in [3.63, 3.8) is 0 Å². The minimum Gasteiger partial charge on any atom is -0.489 e. The summed E-state index contributed by atoms with van der Waals surface area (Å²) in [7, 11) is 0. The zero-order chi connectivity index (χ0) is 14.0. The van der Waals surface area contributed by atoms with E-state index < -0.39 is 12.0 Å². The third kappa shape index (κ3) is 2.62. The van der Waals surface area contributed by atoms with E-state index in [0.29, 0.717) is 47.3 Å². The molecule has 1 atom stereocenters. The van der Waals surface area contributed by atoms with Crippen LogP contribution >= 0.6 is 11.6 Å². The number of fused-ring (bicyclic) bond motifs is 1. The fourth-order valence-electron chi connectivity index (χ4n) is 2.17. The van der Waals surface area contributed by atoms with Crippen LogP contribution in [0.2, 0.25) is 5.02 Å². The fourth-order valence-corrected chi connectivity index (χ4v) is 2.50. The molecular formula is C13H16ClNO4. The van der Waals surface area contributed by atoms with Crippen molar-refractivity contribution in [2.24, 2.45) is 5.73 Å². The van der Waals surface area contributed by atoms with E-state index in [4.69, 9.17) is 31.9 Å². The van der Waals surface area contributed by atoms with Crippen LogP contribution in [0.3, 0.4) is 0 Å². The molecule has 1 unspecified atom stereocenters. The molecular weight excluding hydrogens is 270 g/mol. The summed E-state index contributed by atoms with van der Waals surface area (Å²) in [6.07, 6.45) is 1.35. The number of carboxylic acid groups (broad SMARTS) is 1. The van der Waals surface area contributed by atoms with E-state index in [1.54, 1.807) is 6.07 Å². The first kappa shape index (κ1) is 14.0. The van der Waals surface area contributed by atoms with Gasteiger partial charge in [0.2, 0.25) is 0 Å². The predicted molar refractivity (Wildman–Crippen MR) is 71.0 cm³/mol. The van der Waals surface area contributed by atoms with Crippen LogP contribution in [-0.4, -0.2) is 24.3 Å². The van der Waals surface area contributed by atoms with Crippen molar-refractivity contribution < 1.29 is 19.4 Å². The minimum atomic E-state index is -1.17. The number of carboxylic acids is 1. The lowest BCUT2D eigenvalue weighted by Gasteiger charge is -2.19. The highest BCUT2D eigenvalue weighted by atomic mass is 35.5. The summed E-state index contributed by atoms with van der Waals surface area (Å²) in [6, 6.07) is 0.416. The Bertz CT molecular complexity index is 504. The molecule has 0 radical (unpaired) electrons. The molecule has 0 aromatic heterocycles. The summed E-state index contributed by atoms with van der Waals surface area (Å²) in [5.74, 6) is 0.00267. The van der Waals surface area contributed by atoms with Crippen molar-refractivity contribution in [1.29, 1.82) is 0 Å². The van der Waals surface area contributed by atoms with Gasteiger partial charge >= 0.3 is 5.97 Å². The molecule has 2 rings (SSSR count). The molecule has 1 heterocycles. The Balaban J connectivity index is 2.61. The average Bonchev–Trinajstić information content (AvgIpc) is 2.61. The van der Waals surface area contributed by atoms with Gasteiger partial charge in [0.1, 0.15) is 6.04 Å². The molecule has 19 heavy (non-hydrogen) atoms. The van der Waals surface area contributed by atoms with Crippen molar-refractivity contribution in [3.8, 4) is 11.5 Å². The van der Waals surface area contributed by atoms with Crippen molar-refractivity contribution in [3.05, 3.63) is 22.2 Å². The molecule has 1 aromatic rings. The lowest BCUT2D eigenvalue weighted by atomic mass is 9.97. The number of aliphatic carboxylic acids is 1. The number of ether oxygens (including phenoxy) is 2. The van der Waals surface area contributed by atoms with E-state index in [1.807, 2.05) is 6.92 Å². The van der Waals surface area contributed by atoms with Crippen LogP contribution in [-0.2, 0) is 11.2 Å². The molecule has 6 heteroatoms. The molecule has 5 nitrogen and oxygen atoms in total. The average molecular weight is 286 g/mol. The molecule has 0 saturated carbocycles. The molecule has 3 N–H and O–H groups in total. The number of carbonyl (C=O) groups is 1. The second kappa shape index (κ2) is 5.67. The quantitative estimate of drug-likeness (QED) is 0.889. The summed E-state index contributed by atoms with van der Waals surface area (Å²) in [6.45, 7) is 2.98. The first-order valence-corrected chi connectivity index (χ1v) is 6.53. The zero-order valence-corrected chi connectivity index (χ0v) is 11.4. The monoisotopic (exact) mass is 285 g/mol. The van der Waals surface area contributed by atoms with Crippen molar-refractivity contribution >= 4 is 17.6 Å². The highest BCUT2D eigenvalue weighted by Gasteiger charge is 2.27.